The molecular formula is C10H16N2O. The molecule has 0 unspecified atom stereocenters. The molecule has 0 amide bonds. The molecule has 0 aromatic carbocycles. The van der Waals surface area contributed by atoms with Crippen LogP contribution in [0.2, 0.25) is 0 Å². The second-order valence-electron chi connectivity index (χ2n) is 3.77. The van der Waals surface area contributed by atoms with E-state index >= 15 is 0 Å². The molecule has 0 spiro atoms. The van der Waals surface area contributed by atoms with Crippen molar-refractivity contribution in [3.63, 3.8) is 0 Å². The monoisotopic (exact) mass is 180 g/mol. The Labute approximate surface area is 78.5 Å². The van der Waals surface area contributed by atoms with E-state index in [0.29, 0.717) is 12.1 Å². The summed E-state index contributed by atoms with van der Waals surface area (Å²) in [6.45, 7) is 1.94. The van der Waals surface area contributed by atoms with Crippen LogP contribution in [0.4, 0.5) is 6.01 Å². The summed E-state index contributed by atoms with van der Waals surface area (Å²) in [5, 5.41) is 3.32. The first-order valence-electron chi connectivity index (χ1n) is 5.03. The Morgan fingerprint density at radius 3 is 2.77 bits per heavy atom. The van der Waals surface area contributed by atoms with Gasteiger partial charge in [0.05, 0.1) is 5.69 Å². The van der Waals surface area contributed by atoms with Gasteiger partial charge < -0.3 is 9.73 Å². The van der Waals surface area contributed by atoms with Crippen molar-refractivity contribution in [1.29, 1.82) is 0 Å². The fourth-order valence-corrected chi connectivity index (χ4v) is 1.84. The lowest BCUT2D eigenvalue weighted by Gasteiger charge is -2.21. The van der Waals surface area contributed by atoms with Gasteiger partial charge in [0, 0.05) is 6.04 Å². The van der Waals surface area contributed by atoms with Gasteiger partial charge >= 0.3 is 0 Å². The number of anilines is 1. The van der Waals surface area contributed by atoms with Crippen molar-refractivity contribution in [3.05, 3.63) is 12.0 Å². The minimum atomic E-state index is 0.576. The summed E-state index contributed by atoms with van der Waals surface area (Å²) in [6.07, 6.45) is 8.23. The maximum Gasteiger partial charge on any atom is 0.294 e. The van der Waals surface area contributed by atoms with Gasteiger partial charge in [0.15, 0.2) is 0 Å². The molecule has 1 fully saturated rings. The fraction of sp³-hybridized carbons (Fsp3) is 0.700. The molecule has 1 N–H and O–H groups in total. The zero-order valence-corrected chi connectivity index (χ0v) is 8.05. The van der Waals surface area contributed by atoms with Crippen LogP contribution in [0.5, 0.6) is 0 Å². The minimum Gasteiger partial charge on any atom is -0.432 e. The lowest BCUT2D eigenvalue weighted by atomic mass is 9.96. The second kappa shape index (κ2) is 3.81. The third-order valence-corrected chi connectivity index (χ3v) is 2.55. The maximum atomic E-state index is 5.24. The van der Waals surface area contributed by atoms with Gasteiger partial charge in [-0.1, -0.05) is 19.3 Å². The summed E-state index contributed by atoms with van der Waals surface area (Å²) in [5.74, 6) is 0. The van der Waals surface area contributed by atoms with E-state index in [4.69, 9.17) is 4.42 Å². The van der Waals surface area contributed by atoms with Crippen LogP contribution in [0.1, 0.15) is 37.8 Å². The molecule has 13 heavy (non-hydrogen) atoms. The van der Waals surface area contributed by atoms with Crippen molar-refractivity contribution in [1.82, 2.24) is 4.98 Å². The number of aryl methyl sites for hydroxylation is 1. The van der Waals surface area contributed by atoms with Gasteiger partial charge in [0.25, 0.3) is 6.01 Å². The number of aromatic nitrogens is 1. The summed E-state index contributed by atoms with van der Waals surface area (Å²) >= 11 is 0. The number of nitrogens with one attached hydrogen (secondary N) is 1. The maximum absolute atomic E-state index is 5.24. The normalized spacial score (nSPS) is 18.8. The summed E-state index contributed by atoms with van der Waals surface area (Å²) in [5.41, 5.74) is 0.943. The molecule has 72 valence electrons. The van der Waals surface area contributed by atoms with Gasteiger partial charge in [-0.25, -0.2) is 0 Å². The first kappa shape index (κ1) is 8.60. The molecular weight excluding hydrogens is 164 g/mol. The predicted octanol–water partition coefficient (Wildman–Crippen LogP) is 2.73. The summed E-state index contributed by atoms with van der Waals surface area (Å²) in [7, 11) is 0. The lowest BCUT2D eigenvalue weighted by Crippen LogP contribution is -2.22. The number of rotatable bonds is 2. The average Bonchev–Trinajstić information content (AvgIpc) is 2.53. The standard InChI is InChI=1S/C10H16N2O/c1-8-7-13-10(11-8)12-9-5-3-2-4-6-9/h7,9H,2-6H2,1H3,(H,11,12). The SMILES string of the molecule is Cc1coc(NC2CCCCC2)n1. The molecule has 0 atom stereocenters. The Morgan fingerprint density at radius 2 is 2.15 bits per heavy atom. The van der Waals surface area contributed by atoms with Crippen molar-refractivity contribution >= 4 is 6.01 Å². The predicted molar refractivity (Wildman–Crippen MR) is 51.7 cm³/mol. The largest absolute Gasteiger partial charge is 0.432 e. The Balaban J connectivity index is 1.89. The third-order valence-electron chi connectivity index (χ3n) is 2.55. The molecule has 1 heterocycles. The molecule has 1 aromatic rings. The average molecular weight is 180 g/mol. The molecule has 1 aliphatic carbocycles. The van der Waals surface area contributed by atoms with Crippen LogP contribution in [0.15, 0.2) is 10.7 Å². The van der Waals surface area contributed by atoms with Crippen molar-refractivity contribution in [2.24, 2.45) is 0 Å². The van der Waals surface area contributed by atoms with Gasteiger partial charge in [-0.3, -0.25) is 0 Å². The molecule has 0 saturated heterocycles. The van der Waals surface area contributed by atoms with Gasteiger partial charge in [-0.2, -0.15) is 4.98 Å². The quantitative estimate of drug-likeness (QED) is 0.760. The first-order valence-corrected chi connectivity index (χ1v) is 5.03. The van der Waals surface area contributed by atoms with Gasteiger partial charge in [0.1, 0.15) is 6.26 Å². The molecule has 1 aliphatic rings. The molecule has 0 radical (unpaired) electrons. The third kappa shape index (κ3) is 2.23. The summed E-state index contributed by atoms with van der Waals surface area (Å²) < 4.78 is 5.24. The van der Waals surface area contributed by atoms with Crippen LogP contribution < -0.4 is 5.32 Å². The Hall–Kier alpha value is -0.990. The number of hydrogen-bond acceptors (Lipinski definition) is 3. The van der Waals surface area contributed by atoms with E-state index in [2.05, 4.69) is 10.3 Å². The van der Waals surface area contributed by atoms with Crippen LogP contribution in [-0.2, 0) is 0 Å². The van der Waals surface area contributed by atoms with Crippen molar-refractivity contribution in [2.45, 2.75) is 45.1 Å². The molecule has 0 aliphatic heterocycles. The van der Waals surface area contributed by atoms with Gasteiger partial charge in [-0.05, 0) is 19.8 Å². The Morgan fingerprint density at radius 1 is 1.38 bits per heavy atom. The number of hydrogen-bond donors (Lipinski definition) is 1. The summed E-state index contributed by atoms with van der Waals surface area (Å²) in [4.78, 5) is 4.23. The van der Waals surface area contributed by atoms with E-state index in [1.807, 2.05) is 6.92 Å². The minimum absolute atomic E-state index is 0.576. The number of nitrogens with zero attached hydrogens (tertiary/aromatic N) is 1. The van der Waals surface area contributed by atoms with Crippen LogP contribution in [0, 0.1) is 6.92 Å². The molecule has 1 saturated carbocycles. The highest BCUT2D eigenvalue weighted by atomic mass is 16.4. The zero-order valence-electron chi connectivity index (χ0n) is 8.05. The summed E-state index contributed by atoms with van der Waals surface area (Å²) in [6, 6.07) is 1.26. The molecule has 3 heteroatoms. The van der Waals surface area contributed by atoms with Crippen molar-refractivity contribution in [3.8, 4) is 0 Å². The molecule has 0 bridgehead atoms. The Bertz CT molecular complexity index is 264. The lowest BCUT2D eigenvalue weighted by molar-refractivity contribution is 0.448. The second-order valence-corrected chi connectivity index (χ2v) is 3.77. The van der Waals surface area contributed by atoms with E-state index in [9.17, 15) is 0 Å². The van der Waals surface area contributed by atoms with Gasteiger partial charge in [-0.15, -0.1) is 0 Å². The van der Waals surface area contributed by atoms with Gasteiger partial charge in [0.2, 0.25) is 0 Å². The van der Waals surface area contributed by atoms with E-state index in [1.54, 1.807) is 6.26 Å². The highest BCUT2D eigenvalue weighted by Crippen LogP contribution is 2.20. The van der Waals surface area contributed by atoms with E-state index < -0.39 is 0 Å². The zero-order chi connectivity index (χ0) is 9.10. The molecule has 2 rings (SSSR count). The van der Waals surface area contributed by atoms with Crippen LogP contribution in [-0.4, -0.2) is 11.0 Å². The molecule has 3 nitrogen and oxygen atoms in total. The Kier molecular flexibility index (Phi) is 2.52. The van der Waals surface area contributed by atoms with Crippen LogP contribution in [0.3, 0.4) is 0 Å². The highest BCUT2D eigenvalue weighted by Gasteiger charge is 2.14. The van der Waals surface area contributed by atoms with Crippen molar-refractivity contribution in [2.75, 3.05) is 5.32 Å². The highest BCUT2D eigenvalue weighted by molar-refractivity contribution is 5.22. The number of oxazole rings is 1. The fourth-order valence-electron chi connectivity index (χ4n) is 1.84. The van der Waals surface area contributed by atoms with E-state index in [1.165, 1.54) is 32.1 Å². The van der Waals surface area contributed by atoms with Crippen LogP contribution >= 0.6 is 0 Å². The smallest absolute Gasteiger partial charge is 0.294 e. The topological polar surface area (TPSA) is 38.1 Å². The van der Waals surface area contributed by atoms with Crippen LogP contribution in [0.25, 0.3) is 0 Å². The van der Waals surface area contributed by atoms with E-state index in [-0.39, 0.29) is 0 Å². The van der Waals surface area contributed by atoms with E-state index in [0.717, 1.165) is 5.69 Å². The first-order chi connectivity index (χ1) is 6.34. The van der Waals surface area contributed by atoms with Crippen molar-refractivity contribution < 1.29 is 4.42 Å². The molecule has 1 aromatic heterocycles.